The molecule has 0 radical (unpaired) electrons. The summed E-state index contributed by atoms with van der Waals surface area (Å²) in [4.78, 5) is 10.4. The maximum atomic E-state index is 12.6. The molecular formula is C19H15ClN4O5S. The summed E-state index contributed by atoms with van der Waals surface area (Å²) in [6.45, 7) is 0. The van der Waals surface area contributed by atoms with Crippen LogP contribution in [0, 0.1) is 10.1 Å². The fourth-order valence-corrected chi connectivity index (χ4v) is 3.69. The molecule has 0 aliphatic rings. The van der Waals surface area contributed by atoms with Gasteiger partial charge in [0.1, 0.15) is 11.4 Å². The van der Waals surface area contributed by atoms with Gasteiger partial charge in [-0.25, -0.2) is 8.42 Å². The van der Waals surface area contributed by atoms with Gasteiger partial charge in [-0.2, -0.15) is 5.10 Å². The highest BCUT2D eigenvalue weighted by molar-refractivity contribution is 7.92. The summed E-state index contributed by atoms with van der Waals surface area (Å²) in [5.74, 6) is 0.0962. The van der Waals surface area contributed by atoms with E-state index in [1.54, 1.807) is 24.3 Å². The van der Waals surface area contributed by atoms with E-state index in [1.807, 2.05) is 0 Å². The number of hydrogen-bond donors (Lipinski definition) is 3. The van der Waals surface area contributed by atoms with Gasteiger partial charge in [-0.15, -0.1) is 0 Å². The lowest BCUT2D eigenvalue weighted by molar-refractivity contribution is -0.384. The number of rotatable bonds is 7. The van der Waals surface area contributed by atoms with Gasteiger partial charge in [0.15, 0.2) is 0 Å². The van der Waals surface area contributed by atoms with Gasteiger partial charge in [0.25, 0.3) is 15.7 Å². The molecule has 0 atom stereocenters. The summed E-state index contributed by atoms with van der Waals surface area (Å²) in [5.41, 5.74) is 2.94. The van der Waals surface area contributed by atoms with E-state index >= 15 is 0 Å². The molecule has 0 heterocycles. The summed E-state index contributed by atoms with van der Waals surface area (Å²) < 4.78 is 27.5. The van der Waals surface area contributed by atoms with E-state index in [2.05, 4.69) is 15.2 Å². The number of halogens is 1. The third-order valence-corrected chi connectivity index (χ3v) is 5.46. The molecule has 0 saturated heterocycles. The molecule has 30 heavy (non-hydrogen) atoms. The van der Waals surface area contributed by atoms with Crippen LogP contribution in [0.5, 0.6) is 5.75 Å². The van der Waals surface area contributed by atoms with E-state index in [4.69, 9.17) is 11.6 Å². The lowest BCUT2D eigenvalue weighted by Crippen LogP contribution is -2.13. The van der Waals surface area contributed by atoms with E-state index in [1.165, 1.54) is 42.6 Å². The van der Waals surface area contributed by atoms with Gasteiger partial charge in [0, 0.05) is 11.1 Å². The highest BCUT2D eigenvalue weighted by atomic mass is 35.5. The van der Waals surface area contributed by atoms with Crippen LogP contribution in [0.4, 0.5) is 17.1 Å². The topological polar surface area (TPSA) is 134 Å². The van der Waals surface area contributed by atoms with Crippen molar-refractivity contribution < 1.29 is 18.4 Å². The Hall–Kier alpha value is -3.63. The molecule has 0 bridgehead atoms. The van der Waals surface area contributed by atoms with E-state index in [0.717, 1.165) is 6.07 Å². The first-order chi connectivity index (χ1) is 14.2. The number of sulfonamides is 1. The molecule has 0 aliphatic heterocycles. The number of nitrogens with zero attached hydrogens (tertiary/aromatic N) is 2. The molecule has 3 aromatic rings. The van der Waals surface area contributed by atoms with Gasteiger partial charge >= 0.3 is 0 Å². The zero-order chi connectivity index (χ0) is 21.7. The quantitative estimate of drug-likeness (QED) is 0.283. The molecule has 3 rings (SSSR count). The second-order valence-corrected chi connectivity index (χ2v) is 8.13. The Labute approximate surface area is 176 Å². The third kappa shape index (κ3) is 5.25. The molecule has 3 N–H and O–H groups in total. The van der Waals surface area contributed by atoms with Crippen LogP contribution in [-0.2, 0) is 10.0 Å². The van der Waals surface area contributed by atoms with E-state index in [-0.39, 0.29) is 22.0 Å². The molecular weight excluding hydrogens is 432 g/mol. The van der Waals surface area contributed by atoms with Gasteiger partial charge in [-0.3, -0.25) is 20.3 Å². The van der Waals surface area contributed by atoms with E-state index in [9.17, 15) is 23.6 Å². The van der Waals surface area contributed by atoms with Crippen LogP contribution in [0.2, 0.25) is 5.02 Å². The lowest BCUT2D eigenvalue weighted by atomic mass is 10.2. The number of aromatic hydroxyl groups is 1. The normalized spacial score (nSPS) is 11.4. The minimum atomic E-state index is -4.07. The van der Waals surface area contributed by atoms with Crippen LogP contribution in [-0.4, -0.2) is 24.7 Å². The number of nitro groups is 1. The van der Waals surface area contributed by atoms with E-state index < -0.39 is 20.6 Å². The number of hydrogen-bond acceptors (Lipinski definition) is 7. The lowest BCUT2D eigenvalue weighted by Gasteiger charge is -2.09. The van der Waals surface area contributed by atoms with Crippen molar-refractivity contribution in [2.45, 2.75) is 4.90 Å². The SMILES string of the molecule is O=[N+]([O-])c1cc(S(=O)(=O)Nc2cccc(Cl)c2)ccc1N/N=C\c1ccc(O)cc1. The number of phenolic OH excluding ortho intramolecular Hbond substituents is 1. The predicted molar refractivity (Wildman–Crippen MR) is 115 cm³/mol. The van der Waals surface area contributed by atoms with Crippen LogP contribution in [0.25, 0.3) is 0 Å². The van der Waals surface area contributed by atoms with Crippen molar-refractivity contribution in [2.24, 2.45) is 5.10 Å². The van der Waals surface area contributed by atoms with Gasteiger partial charge < -0.3 is 5.11 Å². The summed E-state index contributed by atoms with van der Waals surface area (Å²) >= 11 is 5.85. The number of nitro benzene ring substituents is 1. The maximum absolute atomic E-state index is 12.6. The molecule has 11 heteroatoms. The average Bonchev–Trinajstić information content (AvgIpc) is 2.69. The minimum absolute atomic E-state index is 0.0109. The fraction of sp³-hybridized carbons (Fsp3) is 0. The zero-order valence-corrected chi connectivity index (χ0v) is 16.8. The van der Waals surface area contributed by atoms with Crippen LogP contribution >= 0.6 is 11.6 Å². The standard InChI is InChI=1S/C19H15ClN4O5S/c20-14-2-1-3-15(10-14)23-30(28,29)17-8-9-18(19(11-17)24(26)27)22-21-12-13-4-6-16(25)7-5-13/h1-12,22-23,25H/b21-12-. The van der Waals surface area contributed by atoms with Crippen LogP contribution in [0.15, 0.2) is 76.7 Å². The van der Waals surface area contributed by atoms with Gasteiger partial charge in [0.2, 0.25) is 0 Å². The zero-order valence-electron chi connectivity index (χ0n) is 15.2. The summed E-state index contributed by atoms with van der Waals surface area (Å²) in [7, 11) is -4.07. The molecule has 0 aromatic heterocycles. The number of hydrazone groups is 1. The molecule has 3 aromatic carbocycles. The van der Waals surface area contributed by atoms with E-state index in [0.29, 0.717) is 10.6 Å². The number of anilines is 2. The van der Waals surface area contributed by atoms with Gasteiger partial charge in [-0.1, -0.05) is 17.7 Å². The average molecular weight is 447 g/mol. The Balaban J connectivity index is 1.83. The second kappa shape index (κ2) is 8.80. The first kappa shape index (κ1) is 21.1. The Morgan fingerprint density at radius 3 is 2.47 bits per heavy atom. The van der Waals surface area contributed by atoms with Crippen molar-refractivity contribution in [2.75, 3.05) is 10.1 Å². The van der Waals surface area contributed by atoms with Crippen LogP contribution in [0.3, 0.4) is 0 Å². The highest BCUT2D eigenvalue weighted by Crippen LogP contribution is 2.29. The third-order valence-electron chi connectivity index (χ3n) is 3.84. The summed E-state index contributed by atoms with van der Waals surface area (Å²) in [6.07, 6.45) is 1.40. The minimum Gasteiger partial charge on any atom is -0.508 e. The van der Waals surface area contributed by atoms with Crippen molar-refractivity contribution in [3.63, 3.8) is 0 Å². The fourth-order valence-electron chi connectivity index (χ4n) is 2.43. The summed E-state index contributed by atoms with van der Waals surface area (Å²) in [5, 5.41) is 24.9. The van der Waals surface area contributed by atoms with Crippen molar-refractivity contribution in [1.82, 2.24) is 0 Å². The molecule has 0 saturated carbocycles. The number of benzene rings is 3. The highest BCUT2D eigenvalue weighted by Gasteiger charge is 2.21. The van der Waals surface area contributed by atoms with Gasteiger partial charge in [-0.05, 0) is 60.2 Å². The molecule has 9 nitrogen and oxygen atoms in total. The van der Waals surface area contributed by atoms with Gasteiger partial charge in [0.05, 0.1) is 21.7 Å². The molecule has 0 unspecified atom stereocenters. The molecule has 0 fully saturated rings. The summed E-state index contributed by atoms with van der Waals surface area (Å²) in [6, 6.07) is 15.6. The Morgan fingerprint density at radius 1 is 1.07 bits per heavy atom. The number of nitrogens with one attached hydrogen (secondary N) is 2. The predicted octanol–water partition coefficient (Wildman–Crippen LogP) is 4.20. The Morgan fingerprint density at radius 2 is 1.80 bits per heavy atom. The van der Waals surface area contributed by atoms with Crippen molar-refractivity contribution >= 4 is 44.9 Å². The second-order valence-electron chi connectivity index (χ2n) is 6.01. The Kier molecular flexibility index (Phi) is 6.19. The smallest absolute Gasteiger partial charge is 0.295 e. The van der Waals surface area contributed by atoms with Crippen molar-refractivity contribution in [3.8, 4) is 5.75 Å². The van der Waals surface area contributed by atoms with Crippen LogP contribution in [0.1, 0.15) is 5.56 Å². The molecule has 0 spiro atoms. The first-order valence-electron chi connectivity index (χ1n) is 8.39. The largest absolute Gasteiger partial charge is 0.508 e. The van der Waals surface area contributed by atoms with Crippen molar-refractivity contribution in [1.29, 1.82) is 0 Å². The Bertz CT molecular complexity index is 1210. The maximum Gasteiger partial charge on any atom is 0.295 e. The monoisotopic (exact) mass is 446 g/mol. The van der Waals surface area contributed by atoms with Crippen LogP contribution < -0.4 is 10.1 Å². The number of phenols is 1. The molecule has 0 aliphatic carbocycles. The van der Waals surface area contributed by atoms with Crippen molar-refractivity contribution in [3.05, 3.63) is 87.4 Å². The molecule has 0 amide bonds. The molecule has 154 valence electrons. The first-order valence-corrected chi connectivity index (χ1v) is 10.3.